The Balaban J connectivity index is 1.69. The van der Waals surface area contributed by atoms with E-state index in [0.717, 1.165) is 19.0 Å². The van der Waals surface area contributed by atoms with E-state index in [1.807, 2.05) is 10.9 Å². The van der Waals surface area contributed by atoms with Crippen molar-refractivity contribution in [1.29, 1.82) is 0 Å². The first-order valence-electron chi connectivity index (χ1n) is 7.70. The summed E-state index contributed by atoms with van der Waals surface area (Å²) in [5.41, 5.74) is 2.26. The van der Waals surface area contributed by atoms with Gasteiger partial charge in [-0.3, -0.25) is 4.68 Å². The number of fused-ring (bicyclic) bond motifs is 2. The van der Waals surface area contributed by atoms with Crippen LogP contribution in [0.5, 0.6) is 0 Å². The predicted molar refractivity (Wildman–Crippen MR) is 77.8 cm³/mol. The van der Waals surface area contributed by atoms with Gasteiger partial charge in [-0.05, 0) is 42.9 Å². The summed E-state index contributed by atoms with van der Waals surface area (Å²) in [6.45, 7) is 11.4. The van der Waals surface area contributed by atoms with E-state index >= 15 is 0 Å². The SMILES string of the molecule is CCn1cc(CNC2C3(C)CCC(C3)C2(C)C)cn1. The highest BCUT2D eigenvalue weighted by atomic mass is 15.3. The number of aryl methyl sites for hydroxylation is 1. The minimum absolute atomic E-state index is 0.438. The molecule has 0 aromatic carbocycles. The molecule has 1 aromatic rings. The lowest BCUT2D eigenvalue weighted by Gasteiger charge is -2.43. The Morgan fingerprint density at radius 3 is 2.79 bits per heavy atom. The lowest BCUT2D eigenvalue weighted by Crippen LogP contribution is -2.49. The maximum atomic E-state index is 4.36. The van der Waals surface area contributed by atoms with Crippen molar-refractivity contribution in [2.75, 3.05) is 0 Å². The molecule has 1 aromatic heterocycles. The standard InChI is InChI=1S/C16H27N3/c1-5-19-11-12(10-18-19)9-17-14-15(2,3)13-6-7-16(14,4)8-13/h10-11,13-14,17H,5-9H2,1-4H3. The first-order chi connectivity index (χ1) is 8.95. The van der Waals surface area contributed by atoms with Gasteiger partial charge in [0.05, 0.1) is 6.20 Å². The highest BCUT2D eigenvalue weighted by Gasteiger charge is 2.58. The average molecular weight is 261 g/mol. The molecule has 0 saturated heterocycles. The Bertz CT molecular complexity index is 458. The molecule has 3 heteroatoms. The third-order valence-electron chi connectivity index (χ3n) is 5.79. The lowest BCUT2D eigenvalue weighted by molar-refractivity contribution is 0.108. The molecule has 3 unspecified atom stereocenters. The van der Waals surface area contributed by atoms with Crippen LogP contribution in [0.2, 0.25) is 0 Å². The van der Waals surface area contributed by atoms with Crippen LogP contribution in [-0.4, -0.2) is 15.8 Å². The van der Waals surface area contributed by atoms with Crippen LogP contribution in [0.4, 0.5) is 0 Å². The number of rotatable bonds is 4. The molecule has 2 bridgehead atoms. The first-order valence-corrected chi connectivity index (χ1v) is 7.70. The van der Waals surface area contributed by atoms with Gasteiger partial charge in [-0.1, -0.05) is 20.8 Å². The van der Waals surface area contributed by atoms with E-state index < -0.39 is 0 Å². The molecule has 3 rings (SSSR count). The zero-order valence-electron chi connectivity index (χ0n) is 12.7. The molecule has 3 atom stereocenters. The summed E-state index contributed by atoms with van der Waals surface area (Å²) in [6.07, 6.45) is 8.39. The second-order valence-corrected chi connectivity index (χ2v) is 7.43. The molecule has 2 fully saturated rings. The van der Waals surface area contributed by atoms with Crippen molar-refractivity contribution >= 4 is 0 Å². The van der Waals surface area contributed by atoms with Gasteiger partial charge >= 0.3 is 0 Å². The minimum atomic E-state index is 0.438. The van der Waals surface area contributed by atoms with Crippen LogP contribution >= 0.6 is 0 Å². The highest BCUT2D eigenvalue weighted by Crippen LogP contribution is 2.62. The fourth-order valence-corrected chi connectivity index (χ4v) is 4.70. The van der Waals surface area contributed by atoms with Crippen LogP contribution in [0.25, 0.3) is 0 Å². The Morgan fingerprint density at radius 2 is 2.21 bits per heavy atom. The molecule has 0 radical (unpaired) electrons. The normalized spacial score (nSPS) is 36.0. The van der Waals surface area contributed by atoms with Crippen LogP contribution < -0.4 is 5.32 Å². The van der Waals surface area contributed by atoms with E-state index in [1.54, 1.807) is 0 Å². The third kappa shape index (κ3) is 2.03. The molecular weight excluding hydrogens is 234 g/mol. The maximum absolute atomic E-state index is 4.36. The zero-order valence-corrected chi connectivity index (χ0v) is 12.7. The molecule has 2 aliphatic rings. The summed E-state index contributed by atoms with van der Waals surface area (Å²) in [6, 6.07) is 0.642. The zero-order chi connectivity index (χ0) is 13.7. The summed E-state index contributed by atoms with van der Waals surface area (Å²) in [5, 5.41) is 8.20. The van der Waals surface area contributed by atoms with Gasteiger partial charge in [0.2, 0.25) is 0 Å². The number of hydrogen-bond acceptors (Lipinski definition) is 2. The van der Waals surface area contributed by atoms with Crippen molar-refractivity contribution in [3.05, 3.63) is 18.0 Å². The monoisotopic (exact) mass is 261 g/mol. The van der Waals surface area contributed by atoms with Crippen LogP contribution in [0.1, 0.15) is 52.5 Å². The van der Waals surface area contributed by atoms with Gasteiger partial charge in [-0.25, -0.2) is 0 Å². The quantitative estimate of drug-likeness (QED) is 0.902. The van der Waals surface area contributed by atoms with E-state index in [0.29, 0.717) is 16.9 Å². The summed E-state index contributed by atoms with van der Waals surface area (Å²) in [4.78, 5) is 0. The molecule has 3 nitrogen and oxygen atoms in total. The van der Waals surface area contributed by atoms with Crippen LogP contribution in [-0.2, 0) is 13.1 Å². The van der Waals surface area contributed by atoms with Gasteiger partial charge in [-0.15, -0.1) is 0 Å². The van der Waals surface area contributed by atoms with Gasteiger partial charge < -0.3 is 5.32 Å². The Hall–Kier alpha value is -0.830. The van der Waals surface area contributed by atoms with Crippen LogP contribution in [0, 0.1) is 16.7 Å². The van der Waals surface area contributed by atoms with Crippen LogP contribution in [0.15, 0.2) is 12.4 Å². The summed E-state index contributed by atoms with van der Waals surface area (Å²) in [5.74, 6) is 0.911. The Kier molecular flexibility index (Phi) is 3.01. The van der Waals surface area contributed by atoms with Crippen LogP contribution in [0.3, 0.4) is 0 Å². The third-order valence-corrected chi connectivity index (χ3v) is 5.79. The number of nitrogens with zero attached hydrogens (tertiary/aromatic N) is 2. The van der Waals surface area contributed by atoms with Crippen molar-refractivity contribution < 1.29 is 0 Å². The molecule has 0 aliphatic heterocycles. The molecule has 19 heavy (non-hydrogen) atoms. The molecule has 2 aliphatic carbocycles. The number of hydrogen-bond donors (Lipinski definition) is 1. The fraction of sp³-hybridized carbons (Fsp3) is 0.812. The largest absolute Gasteiger partial charge is 0.309 e. The average Bonchev–Trinajstić information content (AvgIpc) is 2.99. The summed E-state index contributed by atoms with van der Waals surface area (Å²) in [7, 11) is 0. The van der Waals surface area contributed by atoms with E-state index in [-0.39, 0.29) is 0 Å². The van der Waals surface area contributed by atoms with E-state index in [2.05, 4.69) is 44.3 Å². The van der Waals surface area contributed by atoms with Crippen molar-refractivity contribution in [3.63, 3.8) is 0 Å². The van der Waals surface area contributed by atoms with E-state index in [4.69, 9.17) is 0 Å². The second-order valence-electron chi connectivity index (χ2n) is 7.43. The summed E-state index contributed by atoms with van der Waals surface area (Å²) < 4.78 is 2.00. The van der Waals surface area contributed by atoms with Crippen molar-refractivity contribution in [2.45, 2.75) is 66.1 Å². The summed E-state index contributed by atoms with van der Waals surface area (Å²) >= 11 is 0. The molecule has 0 spiro atoms. The maximum Gasteiger partial charge on any atom is 0.0534 e. The molecule has 1 N–H and O–H groups in total. The fourth-order valence-electron chi connectivity index (χ4n) is 4.70. The van der Waals surface area contributed by atoms with Gasteiger partial charge in [0.1, 0.15) is 0 Å². The van der Waals surface area contributed by atoms with Gasteiger partial charge in [-0.2, -0.15) is 5.10 Å². The highest BCUT2D eigenvalue weighted by molar-refractivity contribution is 5.13. The minimum Gasteiger partial charge on any atom is -0.309 e. The van der Waals surface area contributed by atoms with E-state index in [9.17, 15) is 0 Å². The van der Waals surface area contributed by atoms with Gasteiger partial charge in [0, 0.05) is 30.9 Å². The molecule has 1 heterocycles. The van der Waals surface area contributed by atoms with Crippen molar-refractivity contribution in [2.24, 2.45) is 16.7 Å². The second kappa shape index (κ2) is 4.34. The topological polar surface area (TPSA) is 29.9 Å². The predicted octanol–water partition coefficient (Wildman–Crippen LogP) is 3.21. The molecule has 2 saturated carbocycles. The Morgan fingerprint density at radius 1 is 1.42 bits per heavy atom. The van der Waals surface area contributed by atoms with Gasteiger partial charge in [0.25, 0.3) is 0 Å². The molecular formula is C16H27N3. The van der Waals surface area contributed by atoms with E-state index in [1.165, 1.54) is 24.8 Å². The first kappa shape index (κ1) is 13.2. The number of nitrogens with one attached hydrogen (secondary N) is 1. The van der Waals surface area contributed by atoms with Crippen molar-refractivity contribution in [3.8, 4) is 0 Å². The molecule has 106 valence electrons. The van der Waals surface area contributed by atoms with Gasteiger partial charge in [0.15, 0.2) is 0 Å². The number of aromatic nitrogens is 2. The van der Waals surface area contributed by atoms with Crippen molar-refractivity contribution in [1.82, 2.24) is 15.1 Å². The molecule has 0 amide bonds. The smallest absolute Gasteiger partial charge is 0.0534 e. The lowest BCUT2D eigenvalue weighted by atomic mass is 9.68. The Labute approximate surface area is 116 Å².